The van der Waals surface area contributed by atoms with Crippen LogP contribution in [-0.2, 0) is 4.74 Å². The van der Waals surface area contributed by atoms with E-state index in [-0.39, 0.29) is 11.6 Å². The first kappa shape index (κ1) is 21.1. The Balaban J connectivity index is 3.22. The van der Waals surface area contributed by atoms with Gasteiger partial charge in [-0.3, -0.25) is 4.90 Å². The first-order valence-corrected chi connectivity index (χ1v) is 9.01. The number of hydrogen-bond acceptors (Lipinski definition) is 4. The van der Waals surface area contributed by atoms with Crippen molar-refractivity contribution in [2.75, 3.05) is 6.54 Å². The summed E-state index contributed by atoms with van der Waals surface area (Å²) in [7, 11) is 0. The molecule has 0 aromatic carbocycles. The van der Waals surface area contributed by atoms with Gasteiger partial charge in [0.05, 0.1) is 12.1 Å². The molecule has 0 aromatic heterocycles. The summed E-state index contributed by atoms with van der Waals surface area (Å²) in [6.07, 6.45) is 3.01. The van der Waals surface area contributed by atoms with Gasteiger partial charge in [-0.2, -0.15) is 5.26 Å². The summed E-state index contributed by atoms with van der Waals surface area (Å²) in [5, 5.41) is 9.65. The Morgan fingerprint density at radius 3 is 2.48 bits per heavy atom. The number of unbranched alkanes of at least 4 members (excludes halogenated alkanes) is 1. The number of carbonyl (C=O) groups is 1. The lowest BCUT2D eigenvalue weighted by Crippen LogP contribution is -2.53. The number of carbonyl (C=O) groups excluding carboxylic acids is 1. The van der Waals surface area contributed by atoms with Crippen molar-refractivity contribution in [3.63, 3.8) is 0 Å². The average molecular weight is 348 g/mol. The normalized spacial score (nSPS) is 18.6. The van der Waals surface area contributed by atoms with Crippen LogP contribution in [0.15, 0.2) is 22.4 Å². The van der Waals surface area contributed by atoms with E-state index < -0.39 is 5.60 Å². The number of ether oxygens (including phenoxy) is 1. The lowest BCUT2D eigenvalue weighted by Gasteiger charge is -2.44. The molecular formula is C20H33N3O2. The predicted octanol–water partition coefficient (Wildman–Crippen LogP) is 4.65. The molecule has 0 saturated heterocycles. The quantitative estimate of drug-likeness (QED) is 0.751. The topological polar surface area (TPSA) is 79.4 Å². The van der Waals surface area contributed by atoms with Crippen LogP contribution in [0.3, 0.4) is 0 Å². The monoisotopic (exact) mass is 347 g/mol. The molecule has 5 nitrogen and oxygen atoms in total. The van der Waals surface area contributed by atoms with Crippen LogP contribution in [0.25, 0.3) is 0 Å². The van der Waals surface area contributed by atoms with Gasteiger partial charge in [-0.15, -0.1) is 0 Å². The third-order valence-electron chi connectivity index (χ3n) is 4.41. The summed E-state index contributed by atoms with van der Waals surface area (Å²) in [6.45, 7) is 14.1. The van der Waals surface area contributed by atoms with Gasteiger partial charge in [0.1, 0.15) is 11.7 Å². The second-order valence-corrected chi connectivity index (χ2v) is 8.43. The maximum atomic E-state index is 12.7. The predicted molar refractivity (Wildman–Crippen MR) is 101 cm³/mol. The number of nitriles is 1. The molecule has 0 atom stereocenters. The van der Waals surface area contributed by atoms with Gasteiger partial charge in [0.15, 0.2) is 0 Å². The molecule has 0 bridgehead atoms. The molecule has 140 valence electrons. The molecule has 0 unspecified atom stereocenters. The highest BCUT2D eigenvalue weighted by molar-refractivity contribution is 5.71. The Morgan fingerprint density at radius 2 is 2.00 bits per heavy atom. The number of nitrogens with zero attached hydrogens (tertiary/aromatic N) is 2. The van der Waals surface area contributed by atoms with Gasteiger partial charge in [-0.25, -0.2) is 4.79 Å². The van der Waals surface area contributed by atoms with Crippen molar-refractivity contribution in [3.8, 4) is 6.07 Å². The zero-order valence-electron chi connectivity index (χ0n) is 16.8. The SMILES string of the molecule is CCCC/C(N)=C(/C#N)C1=C(C)CC(C)(C)N(C(=O)OC(C)(C)C)C1. The minimum atomic E-state index is -0.558. The lowest BCUT2D eigenvalue weighted by molar-refractivity contribution is 0.00389. The van der Waals surface area contributed by atoms with E-state index in [0.717, 1.165) is 24.0 Å². The Kier molecular flexibility index (Phi) is 6.70. The van der Waals surface area contributed by atoms with Gasteiger partial charge in [0, 0.05) is 11.2 Å². The van der Waals surface area contributed by atoms with E-state index in [2.05, 4.69) is 13.0 Å². The largest absolute Gasteiger partial charge is 0.444 e. The first-order valence-electron chi connectivity index (χ1n) is 9.01. The summed E-state index contributed by atoms with van der Waals surface area (Å²) >= 11 is 0. The fraction of sp³-hybridized carbons (Fsp3) is 0.700. The van der Waals surface area contributed by atoms with E-state index in [0.29, 0.717) is 30.7 Å². The van der Waals surface area contributed by atoms with Crippen molar-refractivity contribution in [2.45, 2.75) is 85.3 Å². The minimum Gasteiger partial charge on any atom is -0.444 e. The molecule has 0 radical (unpaired) electrons. The summed E-state index contributed by atoms with van der Waals surface area (Å²) in [4.78, 5) is 14.4. The van der Waals surface area contributed by atoms with E-state index in [1.54, 1.807) is 4.90 Å². The van der Waals surface area contributed by atoms with E-state index >= 15 is 0 Å². The molecule has 1 aliphatic rings. The van der Waals surface area contributed by atoms with Crippen molar-refractivity contribution in [2.24, 2.45) is 5.73 Å². The molecule has 0 saturated carbocycles. The number of amides is 1. The van der Waals surface area contributed by atoms with Gasteiger partial charge in [0.2, 0.25) is 0 Å². The van der Waals surface area contributed by atoms with Crippen molar-refractivity contribution in [3.05, 3.63) is 22.4 Å². The molecule has 0 aromatic rings. The van der Waals surface area contributed by atoms with Crippen LogP contribution in [0.1, 0.15) is 74.1 Å². The molecule has 2 N–H and O–H groups in total. The molecule has 0 spiro atoms. The van der Waals surface area contributed by atoms with Crippen LogP contribution < -0.4 is 5.73 Å². The van der Waals surface area contributed by atoms with E-state index in [1.165, 1.54) is 0 Å². The van der Waals surface area contributed by atoms with Crippen LogP contribution in [0, 0.1) is 11.3 Å². The van der Waals surface area contributed by atoms with E-state index in [1.807, 2.05) is 41.5 Å². The van der Waals surface area contributed by atoms with Crippen molar-refractivity contribution < 1.29 is 9.53 Å². The third-order valence-corrected chi connectivity index (χ3v) is 4.41. The molecule has 1 heterocycles. The average Bonchev–Trinajstić information content (AvgIpc) is 2.45. The summed E-state index contributed by atoms with van der Waals surface area (Å²) < 4.78 is 5.57. The Hall–Kier alpha value is -1.96. The van der Waals surface area contributed by atoms with Gasteiger partial charge in [0.25, 0.3) is 0 Å². The number of allylic oxidation sites excluding steroid dienone is 1. The molecule has 1 aliphatic heterocycles. The zero-order chi connectivity index (χ0) is 19.4. The lowest BCUT2D eigenvalue weighted by atomic mass is 9.83. The van der Waals surface area contributed by atoms with Gasteiger partial charge >= 0.3 is 6.09 Å². The van der Waals surface area contributed by atoms with E-state index in [9.17, 15) is 10.1 Å². The summed E-state index contributed by atoms with van der Waals surface area (Å²) in [6, 6.07) is 2.26. The Bertz CT molecular complexity index is 616. The standard InChI is InChI=1S/C20H33N3O2/c1-8-9-10-17(22)15(12-21)16-13-23(18(24)25-19(3,4)5)20(6,7)11-14(16)2/h8-11,13,22H2,1-7H3/b17-15+. The highest BCUT2D eigenvalue weighted by atomic mass is 16.6. The first-order chi connectivity index (χ1) is 11.4. The van der Waals surface area contributed by atoms with Crippen LogP contribution in [0.4, 0.5) is 4.79 Å². The molecular weight excluding hydrogens is 314 g/mol. The van der Waals surface area contributed by atoms with Crippen LogP contribution in [0.2, 0.25) is 0 Å². The Morgan fingerprint density at radius 1 is 1.40 bits per heavy atom. The highest BCUT2D eigenvalue weighted by Gasteiger charge is 2.39. The maximum absolute atomic E-state index is 12.7. The number of hydrogen-bond donors (Lipinski definition) is 1. The second-order valence-electron chi connectivity index (χ2n) is 8.43. The smallest absolute Gasteiger partial charge is 0.411 e. The molecule has 0 aliphatic carbocycles. The van der Waals surface area contributed by atoms with E-state index in [4.69, 9.17) is 10.5 Å². The van der Waals surface area contributed by atoms with Crippen LogP contribution in [0.5, 0.6) is 0 Å². The minimum absolute atomic E-state index is 0.351. The maximum Gasteiger partial charge on any atom is 0.411 e. The highest BCUT2D eigenvalue weighted by Crippen LogP contribution is 2.35. The van der Waals surface area contributed by atoms with Crippen molar-refractivity contribution in [1.29, 1.82) is 5.26 Å². The second kappa shape index (κ2) is 7.95. The fourth-order valence-electron chi connectivity index (χ4n) is 3.10. The summed E-state index contributed by atoms with van der Waals surface area (Å²) in [5.41, 5.74) is 8.37. The van der Waals surface area contributed by atoms with Crippen molar-refractivity contribution >= 4 is 6.09 Å². The fourth-order valence-corrected chi connectivity index (χ4v) is 3.10. The molecule has 0 fully saturated rings. The molecule has 1 rings (SSSR count). The third kappa shape index (κ3) is 5.52. The summed E-state index contributed by atoms with van der Waals surface area (Å²) in [5.74, 6) is 0. The Labute approximate surface area is 152 Å². The number of nitrogens with two attached hydrogens (primary N) is 1. The van der Waals surface area contributed by atoms with Gasteiger partial charge < -0.3 is 10.5 Å². The van der Waals surface area contributed by atoms with Gasteiger partial charge in [-0.05, 0) is 66.4 Å². The molecule has 5 heteroatoms. The van der Waals surface area contributed by atoms with Crippen LogP contribution in [-0.4, -0.2) is 28.7 Å². The zero-order valence-corrected chi connectivity index (χ0v) is 16.8. The van der Waals surface area contributed by atoms with Crippen LogP contribution >= 0.6 is 0 Å². The molecule has 1 amide bonds. The van der Waals surface area contributed by atoms with Gasteiger partial charge in [-0.1, -0.05) is 18.9 Å². The molecule has 25 heavy (non-hydrogen) atoms. The van der Waals surface area contributed by atoms with Crippen molar-refractivity contribution in [1.82, 2.24) is 4.90 Å². The number of rotatable bonds is 4.